The van der Waals surface area contributed by atoms with E-state index in [9.17, 15) is 22.4 Å². The first-order chi connectivity index (χ1) is 16.3. The lowest BCUT2D eigenvalue weighted by Crippen LogP contribution is -2.32. The fraction of sp³-hybridized carbons (Fsp3) is 0.364. The topological polar surface area (TPSA) is 100 Å². The first-order valence-electron chi connectivity index (χ1n) is 10.8. The van der Waals surface area contributed by atoms with Gasteiger partial charge in [-0.25, -0.2) is 27.1 Å². The molecule has 12 heteroatoms. The van der Waals surface area contributed by atoms with E-state index in [1.54, 1.807) is 30.7 Å². The molecule has 4 aromatic heterocycles. The summed E-state index contributed by atoms with van der Waals surface area (Å²) in [4.78, 5) is 24.2. The molecular weight excluding hydrogens is 454 g/mol. The number of fused-ring (bicyclic) bond motifs is 2. The number of halogens is 4. The van der Waals surface area contributed by atoms with Gasteiger partial charge >= 0.3 is 0 Å². The molecule has 34 heavy (non-hydrogen) atoms. The van der Waals surface area contributed by atoms with Gasteiger partial charge in [-0.3, -0.25) is 4.79 Å². The van der Waals surface area contributed by atoms with E-state index in [-0.39, 0.29) is 24.4 Å². The highest BCUT2D eigenvalue weighted by molar-refractivity contribution is 6.02. The third-order valence-electron chi connectivity index (χ3n) is 5.98. The largest absolute Gasteiger partial charge is 0.351 e. The van der Waals surface area contributed by atoms with Crippen molar-refractivity contribution in [2.75, 3.05) is 11.9 Å². The van der Waals surface area contributed by atoms with E-state index in [1.165, 1.54) is 10.7 Å². The predicted molar refractivity (Wildman–Crippen MR) is 117 cm³/mol. The van der Waals surface area contributed by atoms with E-state index in [1.807, 2.05) is 0 Å². The minimum absolute atomic E-state index is 0.106. The van der Waals surface area contributed by atoms with Crippen LogP contribution in [0.2, 0.25) is 0 Å². The van der Waals surface area contributed by atoms with Gasteiger partial charge in [0.05, 0.1) is 23.8 Å². The van der Waals surface area contributed by atoms with Crippen LogP contribution in [0.5, 0.6) is 0 Å². The third kappa shape index (κ3) is 4.39. The molecule has 0 aliphatic heterocycles. The molecule has 1 aliphatic carbocycles. The number of hydrogen-bond acceptors (Lipinski definition) is 5. The summed E-state index contributed by atoms with van der Waals surface area (Å²) in [5, 5.41) is 10.2. The number of hydrogen-bond donors (Lipinski definition) is 3. The first-order valence-corrected chi connectivity index (χ1v) is 10.8. The molecule has 4 aromatic rings. The molecule has 8 nitrogen and oxygen atoms in total. The van der Waals surface area contributed by atoms with E-state index < -0.39 is 24.8 Å². The van der Waals surface area contributed by atoms with Gasteiger partial charge in [-0.05, 0) is 30.5 Å². The summed E-state index contributed by atoms with van der Waals surface area (Å²) in [5.74, 6) is -2.87. The molecule has 5 rings (SSSR count). The lowest BCUT2D eigenvalue weighted by molar-refractivity contribution is -0.0361. The van der Waals surface area contributed by atoms with Crippen LogP contribution in [0.15, 0.2) is 36.9 Å². The van der Waals surface area contributed by atoms with Gasteiger partial charge in [0, 0.05) is 48.4 Å². The number of anilines is 1. The molecule has 0 bridgehead atoms. The number of rotatable bonds is 6. The number of aromatic amines is 1. The molecule has 4 heterocycles. The summed E-state index contributed by atoms with van der Waals surface area (Å²) < 4.78 is 53.2. The minimum Gasteiger partial charge on any atom is -0.351 e. The monoisotopic (exact) mass is 475 g/mol. The van der Waals surface area contributed by atoms with Crippen molar-refractivity contribution in [3.05, 3.63) is 42.5 Å². The smallest absolute Gasteiger partial charge is 0.255 e. The summed E-state index contributed by atoms with van der Waals surface area (Å²) in [7, 11) is 0. The van der Waals surface area contributed by atoms with Crippen LogP contribution in [-0.4, -0.2) is 55.4 Å². The van der Waals surface area contributed by atoms with Crippen LogP contribution in [0.4, 0.5) is 23.5 Å². The molecule has 1 amide bonds. The number of carbonyl (C=O) groups is 1. The van der Waals surface area contributed by atoms with Crippen LogP contribution in [0.3, 0.4) is 0 Å². The highest BCUT2D eigenvalue weighted by Crippen LogP contribution is 2.34. The number of pyridine rings is 1. The van der Waals surface area contributed by atoms with E-state index >= 15 is 0 Å². The summed E-state index contributed by atoms with van der Waals surface area (Å²) in [6, 6.07) is 3.43. The molecule has 3 N–H and O–H groups in total. The standard InChI is InChI=1S/C22H21F4N7O/c23-18(24)11-28-20(34)16-10-30-33-6-3-12(7-17(16)33)14-8-27-19-15(14)9-29-21(32-19)31-13-1-4-22(25,26)5-2-13/h3,6-10,13,18H,1-2,4-5,11H2,(H,28,34)(H2,27,29,31,32). The Morgan fingerprint density at radius 1 is 1.26 bits per heavy atom. The number of amides is 1. The number of H-pyrrole nitrogens is 1. The zero-order chi connectivity index (χ0) is 23.9. The Kier molecular flexibility index (Phi) is 5.58. The van der Waals surface area contributed by atoms with Gasteiger partial charge < -0.3 is 15.6 Å². The van der Waals surface area contributed by atoms with Gasteiger partial charge in [-0.2, -0.15) is 10.1 Å². The zero-order valence-electron chi connectivity index (χ0n) is 17.9. The Hall–Kier alpha value is -3.70. The number of alkyl halides is 4. The predicted octanol–water partition coefficient (Wildman–Crippen LogP) is 4.26. The fourth-order valence-electron chi connectivity index (χ4n) is 4.17. The van der Waals surface area contributed by atoms with E-state index in [0.717, 1.165) is 16.5 Å². The molecule has 0 spiro atoms. The second-order valence-corrected chi connectivity index (χ2v) is 8.34. The van der Waals surface area contributed by atoms with Gasteiger partial charge in [0.15, 0.2) is 0 Å². The van der Waals surface area contributed by atoms with Crippen molar-refractivity contribution < 1.29 is 22.4 Å². The molecule has 178 valence electrons. The quantitative estimate of drug-likeness (QED) is 0.362. The SMILES string of the molecule is O=C(NCC(F)F)c1cnn2ccc(-c3c[nH]c4nc(NC5CCC(F)(F)CC5)ncc34)cc12. The second kappa shape index (κ2) is 8.58. The Morgan fingerprint density at radius 3 is 2.82 bits per heavy atom. The van der Waals surface area contributed by atoms with Crippen LogP contribution < -0.4 is 10.6 Å². The minimum atomic E-state index is -2.65. The Bertz CT molecular complexity index is 1340. The first kappa shape index (κ1) is 22.1. The van der Waals surface area contributed by atoms with E-state index in [2.05, 4.69) is 30.7 Å². The fourth-order valence-corrected chi connectivity index (χ4v) is 4.17. The Balaban J connectivity index is 1.39. The molecule has 1 saturated carbocycles. The summed E-state index contributed by atoms with van der Waals surface area (Å²) >= 11 is 0. The van der Waals surface area contributed by atoms with Crippen molar-refractivity contribution in [2.24, 2.45) is 0 Å². The average molecular weight is 475 g/mol. The van der Waals surface area contributed by atoms with Gasteiger partial charge in [-0.15, -0.1) is 0 Å². The summed E-state index contributed by atoms with van der Waals surface area (Å²) in [6.07, 6.45) is 4.14. The van der Waals surface area contributed by atoms with Crippen molar-refractivity contribution in [3.63, 3.8) is 0 Å². The molecule has 0 atom stereocenters. The summed E-state index contributed by atoms with van der Waals surface area (Å²) in [6.45, 7) is -0.741. The molecule has 0 aromatic carbocycles. The van der Waals surface area contributed by atoms with Gasteiger partial charge in [0.25, 0.3) is 12.3 Å². The van der Waals surface area contributed by atoms with Crippen molar-refractivity contribution in [3.8, 4) is 11.1 Å². The normalized spacial score (nSPS) is 16.4. The maximum atomic E-state index is 13.4. The van der Waals surface area contributed by atoms with Crippen LogP contribution in [0, 0.1) is 0 Å². The molecule has 0 unspecified atom stereocenters. The highest BCUT2D eigenvalue weighted by atomic mass is 19.3. The van der Waals surface area contributed by atoms with Crippen molar-refractivity contribution in [1.29, 1.82) is 0 Å². The lowest BCUT2D eigenvalue weighted by atomic mass is 9.92. The number of carbonyl (C=O) groups excluding carboxylic acids is 1. The molecule has 1 aliphatic rings. The third-order valence-corrected chi connectivity index (χ3v) is 5.98. The second-order valence-electron chi connectivity index (χ2n) is 8.34. The van der Waals surface area contributed by atoms with E-state index in [4.69, 9.17) is 0 Å². The van der Waals surface area contributed by atoms with Gasteiger partial charge in [-0.1, -0.05) is 0 Å². The van der Waals surface area contributed by atoms with Gasteiger partial charge in [0.2, 0.25) is 11.9 Å². The van der Waals surface area contributed by atoms with Crippen molar-refractivity contribution in [1.82, 2.24) is 29.9 Å². The van der Waals surface area contributed by atoms with Crippen LogP contribution in [-0.2, 0) is 0 Å². The van der Waals surface area contributed by atoms with Crippen molar-refractivity contribution >= 4 is 28.4 Å². The number of nitrogens with one attached hydrogen (secondary N) is 3. The number of nitrogens with zero attached hydrogens (tertiary/aromatic N) is 4. The highest BCUT2D eigenvalue weighted by Gasteiger charge is 2.35. The molecule has 0 radical (unpaired) electrons. The zero-order valence-corrected chi connectivity index (χ0v) is 17.9. The maximum absolute atomic E-state index is 13.4. The van der Waals surface area contributed by atoms with Crippen LogP contribution in [0.1, 0.15) is 36.0 Å². The number of aromatic nitrogens is 5. The lowest BCUT2D eigenvalue weighted by Gasteiger charge is -2.28. The Morgan fingerprint density at radius 2 is 2.06 bits per heavy atom. The molecule has 0 saturated heterocycles. The average Bonchev–Trinajstić information content (AvgIpc) is 3.42. The van der Waals surface area contributed by atoms with Crippen LogP contribution >= 0.6 is 0 Å². The Labute approximate surface area is 190 Å². The van der Waals surface area contributed by atoms with Crippen molar-refractivity contribution in [2.45, 2.75) is 44.1 Å². The molecular formula is C22H21F4N7O. The maximum Gasteiger partial charge on any atom is 0.255 e. The summed E-state index contributed by atoms with van der Waals surface area (Å²) in [5.41, 5.74) is 2.74. The van der Waals surface area contributed by atoms with Crippen LogP contribution in [0.25, 0.3) is 27.7 Å². The van der Waals surface area contributed by atoms with Gasteiger partial charge in [0.1, 0.15) is 5.65 Å². The molecule has 1 fully saturated rings. The van der Waals surface area contributed by atoms with E-state index in [0.29, 0.717) is 30.0 Å².